The fourth-order valence-corrected chi connectivity index (χ4v) is 4.54. The van der Waals surface area contributed by atoms with Crippen molar-refractivity contribution in [3.8, 4) is 22.6 Å². The topological polar surface area (TPSA) is 77.6 Å². The van der Waals surface area contributed by atoms with Crippen molar-refractivity contribution in [3.05, 3.63) is 103 Å². The average molecular weight is 467 g/mol. The number of rotatable bonds is 7. The normalized spacial score (nSPS) is 10.9. The molecule has 34 heavy (non-hydrogen) atoms. The number of anilines is 1. The number of benzene rings is 3. The molecule has 2 heterocycles. The van der Waals surface area contributed by atoms with Crippen LogP contribution in [0.2, 0.25) is 0 Å². The molecule has 0 spiro atoms. The van der Waals surface area contributed by atoms with Crippen LogP contribution < -0.4 is 5.32 Å². The number of nitrogens with zero attached hydrogens (tertiary/aromatic N) is 5. The van der Waals surface area contributed by atoms with E-state index in [1.54, 1.807) is 18.1 Å². The van der Waals surface area contributed by atoms with Crippen molar-refractivity contribution in [2.75, 3.05) is 5.32 Å². The second kappa shape index (κ2) is 9.76. The second-order valence-corrected chi connectivity index (χ2v) is 8.60. The third-order valence-electron chi connectivity index (χ3n) is 5.18. The average Bonchev–Trinajstić information content (AvgIpc) is 3.51. The lowest BCUT2D eigenvalue weighted by atomic mass is 10.1. The number of hydrogen-bond donors (Lipinski definition) is 1. The van der Waals surface area contributed by atoms with Crippen molar-refractivity contribution in [2.24, 2.45) is 0 Å². The molecule has 0 atom stereocenters. The monoisotopic (exact) mass is 466 g/mol. The molecule has 1 N–H and O–H groups in total. The van der Waals surface area contributed by atoms with Crippen LogP contribution in [0.4, 0.5) is 5.69 Å². The van der Waals surface area contributed by atoms with Gasteiger partial charge >= 0.3 is 0 Å². The number of hydrogen-bond acceptors (Lipinski definition) is 5. The minimum absolute atomic E-state index is 0.112. The van der Waals surface area contributed by atoms with Gasteiger partial charge < -0.3 is 5.32 Å². The second-order valence-electron chi connectivity index (χ2n) is 7.65. The standard InChI is InChI=1S/C26H22N6OS/c1-19(33)28-22-11-8-14-24(15-22)31-18-27-29-26(31)34-17-21-16-32(23-12-6-3-7-13-23)30-25(21)20-9-4-2-5-10-20/h2-16,18H,17H2,1H3,(H,28,33). The first-order valence-corrected chi connectivity index (χ1v) is 11.8. The molecule has 1 amide bonds. The van der Waals surface area contributed by atoms with E-state index in [4.69, 9.17) is 5.10 Å². The van der Waals surface area contributed by atoms with E-state index >= 15 is 0 Å². The molecule has 0 aliphatic rings. The van der Waals surface area contributed by atoms with E-state index in [0.717, 1.165) is 39.0 Å². The maximum atomic E-state index is 11.4. The summed E-state index contributed by atoms with van der Waals surface area (Å²) in [6, 6.07) is 27.9. The van der Waals surface area contributed by atoms with Gasteiger partial charge in [0, 0.05) is 35.7 Å². The summed E-state index contributed by atoms with van der Waals surface area (Å²) < 4.78 is 3.83. The van der Waals surface area contributed by atoms with Crippen LogP contribution in [0, 0.1) is 0 Å². The van der Waals surface area contributed by atoms with Gasteiger partial charge in [-0.15, -0.1) is 10.2 Å². The van der Waals surface area contributed by atoms with E-state index in [-0.39, 0.29) is 5.91 Å². The number of carbonyl (C=O) groups excluding carboxylic acids is 1. The minimum atomic E-state index is -0.112. The molecule has 0 radical (unpaired) electrons. The Kier molecular flexibility index (Phi) is 6.22. The number of amides is 1. The van der Waals surface area contributed by atoms with Gasteiger partial charge in [0.2, 0.25) is 5.91 Å². The number of aromatic nitrogens is 5. The summed E-state index contributed by atoms with van der Waals surface area (Å²) in [7, 11) is 0. The largest absolute Gasteiger partial charge is 0.326 e. The summed E-state index contributed by atoms with van der Waals surface area (Å²) in [5.41, 5.74) is 5.72. The Balaban J connectivity index is 1.44. The Bertz CT molecular complexity index is 1410. The molecule has 0 saturated carbocycles. The van der Waals surface area contributed by atoms with Crippen molar-refractivity contribution >= 4 is 23.4 Å². The predicted molar refractivity (Wildman–Crippen MR) is 134 cm³/mol. The first-order chi connectivity index (χ1) is 16.7. The molecule has 0 saturated heterocycles. The summed E-state index contributed by atoms with van der Waals surface area (Å²) in [5, 5.41) is 16.9. The highest BCUT2D eigenvalue weighted by Crippen LogP contribution is 2.30. The van der Waals surface area contributed by atoms with Crippen molar-refractivity contribution in [2.45, 2.75) is 17.8 Å². The molecular formula is C26H22N6OS. The molecule has 7 nitrogen and oxygen atoms in total. The molecule has 3 aromatic carbocycles. The highest BCUT2D eigenvalue weighted by molar-refractivity contribution is 7.98. The zero-order valence-corrected chi connectivity index (χ0v) is 19.3. The molecule has 0 aliphatic carbocycles. The smallest absolute Gasteiger partial charge is 0.221 e. The van der Waals surface area contributed by atoms with Crippen LogP contribution in [-0.4, -0.2) is 30.5 Å². The summed E-state index contributed by atoms with van der Waals surface area (Å²) in [6.45, 7) is 1.49. The Morgan fingerprint density at radius 2 is 1.68 bits per heavy atom. The lowest BCUT2D eigenvalue weighted by Gasteiger charge is -2.09. The summed E-state index contributed by atoms with van der Waals surface area (Å²) in [5.74, 6) is 0.556. The van der Waals surface area contributed by atoms with Crippen LogP contribution in [0.3, 0.4) is 0 Å². The van der Waals surface area contributed by atoms with Crippen LogP contribution in [-0.2, 0) is 10.5 Å². The third kappa shape index (κ3) is 4.77. The van der Waals surface area contributed by atoms with E-state index < -0.39 is 0 Å². The first-order valence-electron chi connectivity index (χ1n) is 10.8. The van der Waals surface area contributed by atoms with Crippen LogP contribution in [0.1, 0.15) is 12.5 Å². The molecule has 5 rings (SSSR count). The van der Waals surface area contributed by atoms with Gasteiger partial charge in [0.25, 0.3) is 0 Å². The van der Waals surface area contributed by atoms with Crippen molar-refractivity contribution in [1.29, 1.82) is 0 Å². The van der Waals surface area contributed by atoms with Gasteiger partial charge in [-0.3, -0.25) is 9.36 Å². The number of carbonyl (C=O) groups is 1. The zero-order valence-electron chi connectivity index (χ0n) is 18.5. The van der Waals surface area contributed by atoms with Crippen LogP contribution in [0.25, 0.3) is 22.6 Å². The summed E-state index contributed by atoms with van der Waals surface area (Å²) in [6.07, 6.45) is 3.75. The number of nitrogens with one attached hydrogen (secondary N) is 1. The minimum Gasteiger partial charge on any atom is -0.326 e. The molecule has 0 aliphatic heterocycles. The summed E-state index contributed by atoms with van der Waals surface area (Å²) in [4.78, 5) is 11.4. The molecule has 0 fully saturated rings. The van der Waals surface area contributed by atoms with Crippen LogP contribution >= 0.6 is 11.8 Å². The van der Waals surface area contributed by atoms with Gasteiger partial charge in [0.1, 0.15) is 6.33 Å². The van der Waals surface area contributed by atoms with Gasteiger partial charge in [-0.05, 0) is 30.3 Å². The predicted octanol–water partition coefficient (Wildman–Crippen LogP) is 5.37. The molecule has 0 bridgehead atoms. The van der Waals surface area contributed by atoms with E-state index in [1.807, 2.05) is 82.0 Å². The molecule has 5 aromatic rings. The number of para-hydroxylation sites is 1. The zero-order chi connectivity index (χ0) is 23.3. The quantitative estimate of drug-likeness (QED) is 0.326. The van der Waals surface area contributed by atoms with E-state index in [9.17, 15) is 4.79 Å². The van der Waals surface area contributed by atoms with Crippen LogP contribution in [0.15, 0.2) is 103 Å². The lowest BCUT2D eigenvalue weighted by molar-refractivity contribution is -0.114. The summed E-state index contributed by atoms with van der Waals surface area (Å²) >= 11 is 1.59. The molecule has 2 aromatic heterocycles. The van der Waals surface area contributed by atoms with Gasteiger partial charge in [0.15, 0.2) is 5.16 Å². The Morgan fingerprint density at radius 1 is 0.941 bits per heavy atom. The van der Waals surface area contributed by atoms with Gasteiger partial charge in [0.05, 0.1) is 17.1 Å². The van der Waals surface area contributed by atoms with Gasteiger partial charge in [-0.2, -0.15) is 5.10 Å². The molecule has 8 heteroatoms. The van der Waals surface area contributed by atoms with Crippen molar-refractivity contribution in [1.82, 2.24) is 24.5 Å². The molecule has 168 valence electrons. The van der Waals surface area contributed by atoms with E-state index in [2.05, 4.69) is 33.8 Å². The van der Waals surface area contributed by atoms with E-state index in [0.29, 0.717) is 5.75 Å². The Hall–Kier alpha value is -4.17. The number of thioether (sulfide) groups is 1. The Labute approximate surface area is 201 Å². The van der Waals surface area contributed by atoms with Gasteiger partial charge in [-0.1, -0.05) is 66.4 Å². The molecule has 0 unspecified atom stereocenters. The maximum absolute atomic E-state index is 11.4. The Morgan fingerprint density at radius 3 is 2.44 bits per heavy atom. The SMILES string of the molecule is CC(=O)Nc1cccc(-n2cnnc2SCc2cn(-c3ccccc3)nc2-c2ccccc2)c1. The molecular weight excluding hydrogens is 444 g/mol. The van der Waals surface area contributed by atoms with Gasteiger partial charge in [-0.25, -0.2) is 4.68 Å². The van der Waals surface area contributed by atoms with Crippen molar-refractivity contribution in [3.63, 3.8) is 0 Å². The van der Waals surface area contributed by atoms with Crippen molar-refractivity contribution < 1.29 is 4.79 Å². The van der Waals surface area contributed by atoms with E-state index in [1.165, 1.54) is 6.92 Å². The lowest BCUT2D eigenvalue weighted by Crippen LogP contribution is -2.06. The highest BCUT2D eigenvalue weighted by atomic mass is 32.2. The van der Waals surface area contributed by atoms with Crippen LogP contribution in [0.5, 0.6) is 0 Å². The highest BCUT2D eigenvalue weighted by Gasteiger charge is 2.15. The fourth-order valence-electron chi connectivity index (χ4n) is 3.65. The first kappa shape index (κ1) is 21.7. The third-order valence-corrected chi connectivity index (χ3v) is 6.17. The maximum Gasteiger partial charge on any atom is 0.221 e. The fraction of sp³-hybridized carbons (Fsp3) is 0.0769.